The maximum absolute atomic E-state index is 12.6. The average molecular weight is 349 g/mol. The molecule has 1 aromatic heterocycles. The van der Waals surface area contributed by atoms with E-state index in [1.54, 1.807) is 12.1 Å². The Bertz CT molecular complexity index is 630. The Kier molecular flexibility index (Phi) is 5.25. The van der Waals surface area contributed by atoms with Crippen molar-refractivity contribution in [2.75, 3.05) is 6.54 Å². The standard InChI is InChI=1S/C17H23N3O5/c21-15(10-19-17(24)18-9-12-5-3-7-25-12)20-13-6-2-1-4-11(13)8-14(20)16(22)23/h3,5,7,11,13-14H,1-2,4,6,8-10H2,(H,22,23)(H2,18,19,24). The van der Waals surface area contributed by atoms with Gasteiger partial charge in [-0.1, -0.05) is 12.8 Å². The fourth-order valence-corrected chi connectivity index (χ4v) is 3.93. The number of hydrogen-bond donors (Lipinski definition) is 3. The van der Waals surface area contributed by atoms with E-state index >= 15 is 0 Å². The lowest BCUT2D eigenvalue weighted by molar-refractivity contribution is -0.149. The molecule has 1 aliphatic carbocycles. The fourth-order valence-electron chi connectivity index (χ4n) is 3.93. The Labute approximate surface area is 145 Å². The molecule has 136 valence electrons. The summed E-state index contributed by atoms with van der Waals surface area (Å²) < 4.78 is 5.11. The lowest BCUT2D eigenvalue weighted by Crippen LogP contribution is -2.50. The van der Waals surface area contributed by atoms with E-state index in [0.717, 1.165) is 25.7 Å². The lowest BCUT2D eigenvalue weighted by atomic mass is 9.85. The summed E-state index contributed by atoms with van der Waals surface area (Å²) in [5, 5.41) is 14.5. The second-order valence-corrected chi connectivity index (χ2v) is 6.62. The number of nitrogens with one attached hydrogen (secondary N) is 2. The molecule has 0 radical (unpaired) electrons. The van der Waals surface area contributed by atoms with Crippen molar-refractivity contribution in [1.29, 1.82) is 0 Å². The van der Waals surface area contributed by atoms with Crippen molar-refractivity contribution < 1.29 is 23.9 Å². The summed E-state index contributed by atoms with van der Waals surface area (Å²) >= 11 is 0. The van der Waals surface area contributed by atoms with Crippen molar-refractivity contribution in [2.45, 2.75) is 50.7 Å². The summed E-state index contributed by atoms with van der Waals surface area (Å²) in [5.41, 5.74) is 0. The van der Waals surface area contributed by atoms with Gasteiger partial charge in [-0.15, -0.1) is 0 Å². The maximum Gasteiger partial charge on any atom is 0.326 e. The molecular weight excluding hydrogens is 326 g/mol. The number of carbonyl (C=O) groups is 3. The van der Waals surface area contributed by atoms with Crippen LogP contribution in [0.15, 0.2) is 22.8 Å². The minimum atomic E-state index is -0.968. The number of amides is 3. The van der Waals surface area contributed by atoms with Crippen LogP contribution in [0.5, 0.6) is 0 Å². The summed E-state index contributed by atoms with van der Waals surface area (Å²) in [7, 11) is 0. The van der Waals surface area contributed by atoms with E-state index in [9.17, 15) is 19.5 Å². The number of aliphatic carboxylic acids is 1. The van der Waals surface area contributed by atoms with Crippen LogP contribution in [-0.2, 0) is 16.1 Å². The van der Waals surface area contributed by atoms with E-state index in [0.29, 0.717) is 12.2 Å². The van der Waals surface area contributed by atoms with Gasteiger partial charge in [0.1, 0.15) is 11.8 Å². The molecule has 1 saturated heterocycles. The fraction of sp³-hybridized carbons (Fsp3) is 0.588. The van der Waals surface area contributed by atoms with Crippen molar-refractivity contribution in [3.63, 3.8) is 0 Å². The summed E-state index contributed by atoms with van der Waals surface area (Å²) in [6.45, 7) is 0.0101. The Hall–Kier alpha value is -2.51. The third kappa shape index (κ3) is 3.94. The van der Waals surface area contributed by atoms with Gasteiger partial charge in [-0.3, -0.25) is 4.79 Å². The Morgan fingerprint density at radius 3 is 2.76 bits per heavy atom. The van der Waals surface area contributed by atoms with E-state index in [2.05, 4.69) is 10.6 Å². The predicted octanol–water partition coefficient (Wildman–Crippen LogP) is 1.32. The molecule has 3 N–H and O–H groups in total. The van der Waals surface area contributed by atoms with Gasteiger partial charge < -0.3 is 25.1 Å². The van der Waals surface area contributed by atoms with E-state index in [4.69, 9.17) is 4.42 Å². The quantitative estimate of drug-likeness (QED) is 0.742. The number of carbonyl (C=O) groups excluding carboxylic acids is 2. The van der Waals surface area contributed by atoms with Crippen molar-refractivity contribution in [1.82, 2.24) is 15.5 Å². The van der Waals surface area contributed by atoms with Crippen molar-refractivity contribution in [3.8, 4) is 0 Å². The first-order valence-electron chi connectivity index (χ1n) is 8.64. The van der Waals surface area contributed by atoms with Crippen LogP contribution in [0.2, 0.25) is 0 Å². The second kappa shape index (κ2) is 7.58. The van der Waals surface area contributed by atoms with Gasteiger partial charge in [0, 0.05) is 6.04 Å². The number of rotatable bonds is 5. The third-order valence-electron chi connectivity index (χ3n) is 5.06. The highest BCUT2D eigenvalue weighted by molar-refractivity contribution is 5.88. The lowest BCUT2D eigenvalue weighted by Gasteiger charge is -2.33. The van der Waals surface area contributed by atoms with Crippen LogP contribution in [0.1, 0.15) is 37.9 Å². The number of hydrogen-bond acceptors (Lipinski definition) is 4. The molecule has 1 aliphatic heterocycles. The second-order valence-electron chi connectivity index (χ2n) is 6.62. The Morgan fingerprint density at radius 1 is 1.24 bits per heavy atom. The normalized spacial score (nSPS) is 25.3. The molecule has 2 aliphatic rings. The van der Waals surface area contributed by atoms with Gasteiger partial charge in [0.15, 0.2) is 0 Å². The van der Waals surface area contributed by atoms with Crippen LogP contribution in [-0.4, -0.2) is 46.5 Å². The van der Waals surface area contributed by atoms with Crippen LogP contribution in [0.25, 0.3) is 0 Å². The number of furan rings is 1. The monoisotopic (exact) mass is 349 g/mol. The summed E-state index contributed by atoms with van der Waals surface area (Å²) in [5.74, 6) is -0.441. The molecule has 0 bridgehead atoms. The zero-order chi connectivity index (χ0) is 17.8. The van der Waals surface area contributed by atoms with E-state index < -0.39 is 18.0 Å². The Morgan fingerprint density at radius 2 is 2.04 bits per heavy atom. The van der Waals surface area contributed by atoms with Crippen molar-refractivity contribution in [2.24, 2.45) is 5.92 Å². The van der Waals surface area contributed by atoms with Crippen LogP contribution in [0, 0.1) is 5.92 Å². The highest BCUT2D eigenvalue weighted by Gasteiger charge is 2.47. The van der Waals surface area contributed by atoms with Crippen molar-refractivity contribution in [3.05, 3.63) is 24.2 Å². The molecule has 1 saturated carbocycles. The smallest absolute Gasteiger partial charge is 0.326 e. The topological polar surface area (TPSA) is 112 Å². The van der Waals surface area contributed by atoms with Gasteiger partial charge in [-0.2, -0.15) is 0 Å². The number of urea groups is 1. The molecule has 25 heavy (non-hydrogen) atoms. The molecule has 3 atom stereocenters. The molecule has 8 heteroatoms. The molecule has 8 nitrogen and oxygen atoms in total. The zero-order valence-electron chi connectivity index (χ0n) is 13.9. The highest BCUT2D eigenvalue weighted by atomic mass is 16.4. The number of likely N-dealkylation sites (tertiary alicyclic amines) is 1. The van der Waals surface area contributed by atoms with Crippen LogP contribution >= 0.6 is 0 Å². The highest BCUT2D eigenvalue weighted by Crippen LogP contribution is 2.39. The van der Waals surface area contributed by atoms with E-state index in [1.165, 1.54) is 11.2 Å². The van der Waals surface area contributed by atoms with Gasteiger partial charge in [-0.05, 0) is 37.3 Å². The van der Waals surface area contributed by atoms with Gasteiger partial charge in [0.25, 0.3) is 0 Å². The molecule has 1 aromatic rings. The van der Waals surface area contributed by atoms with Crippen LogP contribution in [0.4, 0.5) is 4.79 Å². The largest absolute Gasteiger partial charge is 0.480 e. The Balaban J connectivity index is 1.53. The molecular formula is C17H23N3O5. The molecule has 0 aromatic carbocycles. The number of carboxylic acids is 1. The van der Waals surface area contributed by atoms with Gasteiger partial charge in [0.2, 0.25) is 5.91 Å². The van der Waals surface area contributed by atoms with E-state index in [-0.39, 0.29) is 31.0 Å². The van der Waals surface area contributed by atoms with E-state index in [1.807, 2.05) is 0 Å². The molecule has 2 heterocycles. The number of nitrogens with zero attached hydrogens (tertiary/aromatic N) is 1. The average Bonchev–Trinajstić information content (AvgIpc) is 3.25. The zero-order valence-corrected chi connectivity index (χ0v) is 13.9. The van der Waals surface area contributed by atoms with Gasteiger partial charge >= 0.3 is 12.0 Å². The molecule has 3 rings (SSSR count). The summed E-state index contributed by atoms with van der Waals surface area (Å²) in [6, 6.07) is 2.16. The number of fused-ring (bicyclic) bond motifs is 1. The minimum Gasteiger partial charge on any atom is -0.480 e. The van der Waals surface area contributed by atoms with Crippen LogP contribution < -0.4 is 10.6 Å². The first kappa shape index (κ1) is 17.3. The van der Waals surface area contributed by atoms with Crippen LogP contribution in [0.3, 0.4) is 0 Å². The molecule has 0 spiro atoms. The SMILES string of the molecule is O=C(NCC(=O)N1C(C(=O)O)CC2CCCCC21)NCc1ccco1. The predicted molar refractivity (Wildman–Crippen MR) is 87.6 cm³/mol. The molecule has 2 fully saturated rings. The van der Waals surface area contributed by atoms with Gasteiger partial charge in [-0.25, -0.2) is 9.59 Å². The maximum atomic E-state index is 12.6. The number of carboxylic acid groups (broad SMARTS) is 1. The minimum absolute atomic E-state index is 0.0182. The van der Waals surface area contributed by atoms with Crippen molar-refractivity contribution >= 4 is 17.9 Å². The molecule has 3 amide bonds. The first-order chi connectivity index (χ1) is 12.1. The summed E-state index contributed by atoms with van der Waals surface area (Å²) in [4.78, 5) is 37.4. The first-order valence-corrected chi connectivity index (χ1v) is 8.64. The van der Waals surface area contributed by atoms with Gasteiger partial charge in [0.05, 0.1) is 19.4 Å². The summed E-state index contributed by atoms with van der Waals surface area (Å²) in [6.07, 6.45) is 5.92. The third-order valence-corrected chi connectivity index (χ3v) is 5.06. The molecule has 3 unspecified atom stereocenters.